The third-order valence-electron chi connectivity index (χ3n) is 6.45. The monoisotopic (exact) mass is 456 g/mol. The van der Waals surface area contributed by atoms with Crippen molar-refractivity contribution in [3.63, 3.8) is 0 Å². The largest absolute Gasteiger partial charge is 0.461 e. The van der Waals surface area contributed by atoms with Gasteiger partial charge >= 0.3 is 5.97 Å². The number of esters is 1. The summed E-state index contributed by atoms with van der Waals surface area (Å²) in [4.78, 5) is 21.1. The lowest BCUT2D eigenvalue weighted by Crippen LogP contribution is -2.48. The molecule has 6 rings (SSSR count). The number of hydrogen-bond donors (Lipinski definition) is 0. The Morgan fingerprint density at radius 1 is 1.35 bits per heavy atom. The molecule has 0 spiro atoms. The summed E-state index contributed by atoms with van der Waals surface area (Å²) < 4.78 is 13.9. The van der Waals surface area contributed by atoms with Gasteiger partial charge in [-0.3, -0.25) is 9.67 Å². The number of aromatic nitrogens is 6. The molecule has 1 saturated carbocycles. The predicted molar refractivity (Wildman–Crippen MR) is 119 cm³/mol. The molecular formula is C23H20N8O3. The molecular weight excluding hydrogens is 436 g/mol. The summed E-state index contributed by atoms with van der Waals surface area (Å²) in [7, 11) is 0. The van der Waals surface area contributed by atoms with Gasteiger partial charge in [-0.25, -0.2) is 14.3 Å². The zero-order valence-corrected chi connectivity index (χ0v) is 18.4. The van der Waals surface area contributed by atoms with Crippen LogP contribution in [-0.4, -0.2) is 54.4 Å². The van der Waals surface area contributed by atoms with E-state index in [2.05, 4.69) is 26.4 Å². The smallest absolute Gasteiger partial charge is 0.360 e. The summed E-state index contributed by atoms with van der Waals surface area (Å²) in [5.74, 6) is 0.212. The summed E-state index contributed by atoms with van der Waals surface area (Å²) in [6.45, 7) is 2.82. The normalized spacial score (nSPS) is 21.1. The molecule has 1 aliphatic carbocycles. The van der Waals surface area contributed by atoms with Gasteiger partial charge in [0.2, 0.25) is 0 Å². The molecule has 0 radical (unpaired) electrons. The third-order valence-corrected chi connectivity index (χ3v) is 6.45. The predicted octanol–water partition coefficient (Wildman–Crippen LogP) is 2.90. The van der Waals surface area contributed by atoms with Gasteiger partial charge in [-0.1, -0.05) is 5.16 Å². The molecule has 0 bridgehead atoms. The number of ether oxygens (including phenoxy) is 1. The SMILES string of the molecule is CCOC(=O)c1cc(-c2cn3nccc3c(-c3cnn([C@]4(CC#N)C[C@@H](C5=NC5)C4)c3)n2)on1. The number of carbonyl (C=O) groups is 1. The van der Waals surface area contributed by atoms with Crippen molar-refractivity contribution in [2.75, 3.05) is 13.2 Å². The van der Waals surface area contributed by atoms with E-state index in [9.17, 15) is 10.1 Å². The molecule has 2 aliphatic rings. The molecule has 4 aromatic rings. The first kappa shape index (κ1) is 20.3. The van der Waals surface area contributed by atoms with Crippen LogP contribution in [0.25, 0.3) is 28.2 Å². The Kier molecular flexibility index (Phi) is 4.55. The first-order valence-corrected chi connectivity index (χ1v) is 11.0. The molecule has 11 heteroatoms. The summed E-state index contributed by atoms with van der Waals surface area (Å²) in [6, 6.07) is 5.69. The molecule has 4 aromatic heterocycles. The Hall–Kier alpha value is -4.33. The summed E-state index contributed by atoms with van der Waals surface area (Å²) in [6.07, 6.45) is 9.21. The number of aliphatic imine (C=N–C) groups is 1. The highest BCUT2D eigenvalue weighted by atomic mass is 16.5. The van der Waals surface area contributed by atoms with Crippen LogP contribution in [-0.2, 0) is 10.3 Å². The fraction of sp³-hybridized carbons (Fsp3) is 0.348. The highest BCUT2D eigenvalue weighted by Gasteiger charge is 2.49. The quantitative estimate of drug-likeness (QED) is 0.387. The van der Waals surface area contributed by atoms with Crippen molar-refractivity contribution in [2.24, 2.45) is 10.9 Å². The number of nitrogens with zero attached hydrogens (tertiary/aromatic N) is 8. The van der Waals surface area contributed by atoms with Gasteiger partial charge in [0.1, 0.15) is 11.4 Å². The van der Waals surface area contributed by atoms with Crippen molar-refractivity contribution >= 4 is 17.2 Å². The van der Waals surface area contributed by atoms with Crippen LogP contribution in [0.4, 0.5) is 0 Å². The average molecular weight is 456 g/mol. The number of carbonyl (C=O) groups excluding carboxylic acids is 1. The van der Waals surface area contributed by atoms with E-state index in [0.717, 1.165) is 30.5 Å². The molecule has 170 valence electrons. The molecule has 0 atom stereocenters. The van der Waals surface area contributed by atoms with Crippen LogP contribution in [0.5, 0.6) is 0 Å². The van der Waals surface area contributed by atoms with E-state index < -0.39 is 5.97 Å². The molecule has 0 unspecified atom stereocenters. The zero-order chi connectivity index (χ0) is 23.3. The van der Waals surface area contributed by atoms with Crippen molar-refractivity contribution in [1.29, 1.82) is 5.26 Å². The van der Waals surface area contributed by atoms with Gasteiger partial charge < -0.3 is 9.26 Å². The first-order chi connectivity index (χ1) is 16.6. The van der Waals surface area contributed by atoms with E-state index in [0.29, 0.717) is 29.5 Å². The van der Waals surface area contributed by atoms with Crippen LogP contribution in [0.3, 0.4) is 0 Å². The van der Waals surface area contributed by atoms with E-state index in [1.165, 1.54) is 11.8 Å². The summed E-state index contributed by atoms with van der Waals surface area (Å²) in [5, 5.41) is 22.2. The maximum Gasteiger partial charge on any atom is 0.360 e. The van der Waals surface area contributed by atoms with Crippen molar-refractivity contribution in [3.05, 3.63) is 42.6 Å². The lowest BCUT2D eigenvalue weighted by Gasteiger charge is -2.45. The highest BCUT2D eigenvalue weighted by Crippen LogP contribution is 2.48. The van der Waals surface area contributed by atoms with Gasteiger partial charge in [0.15, 0.2) is 11.5 Å². The molecule has 0 N–H and O–H groups in total. The lowest BCUT2D eigenvalue weighted by atomic mass is 9.65. The Morgan fingerprint density at radius 2 is 2.21 bits per heavy atom. The molecule has 5 heterocycles. The number of nitriles is 1. The standard InChI is InChI=1S/C23H20N8O3/c1-2-33-22(32)16-7-20(34-29-16)18-13-30-19(3-6-26-30)21(28-18)15-10-27-31(12-15)23(4-5-24)8-14(9-23)17-11-25-17/h3,6-7,10,12-14H,2,4,8-9,11H2,1H3/t14-,23-. The van der Waals surface area contributed by atoms with E-state index in [-0.39, 0.29) is 17.8 Å². The fourth-order valence-electron chi connectivity index (χ4n) is 4.62. The third kappa shape index (κ3) is 3.26. The van der Waals surface area contributed by atoms with E-state index >= 15 is 0 Å². The topological polar surface area (TPSA) is 136 Å². The number of fused-ring (bicyclic) bond motifs is 1. The van der Waals surface area contributed by atoms with Crippen LogP contribution in [0.1, 0.15) is 36.7 Å². The second-order valence-corrected chi connectivity index (χ2v) is 8.58. The minimum atomic E-state index is -0.557. The Bertz CT molecular complexity index is 1480. The van der Waals surface area contributed by atoms with Gasteiger partial charge in [0.05, 0.1) is 55.3 Å². The molecule has 1 aliphatic heterocycles. The Morgan fingerprint density at radius 3 is 2.97 bits per heavy atom. The van der Waals surface area contributed by atoms with Gasteiger partial charge in [-0.05, 0) is 25.8 Å². The lowest BCUT2D eigenvalue weighted by molar-refractivity contribution is 0.0514. The van der Waals surface area contributed by atoms with Gasteiger partial charge in [-0.2, -0.15) is 15.5 Å². The number of hydrogen-bond acceptors (Lipinski definition) is 9. The Balaban J connectivity index is 1.36. The van der Waals surface area contributed by atoms with Crippen molar-refractivity contribution < 1.29 is 14.1 Å². The van der Waals surface area contributed by atoms with Gasteiger partial charge in [0.25, 0.3) is 0 Å². The maximum atomic E-state index is 12.0. The highest BCUT2D eigenvalue weighted by molar-refractivity contribution is 5.99. The average Bonchev–Trinajstić information content (AvgIpc) is 3.22. The summed E-state index contributed by atoms with van der Waals surface area (Å²) >= 11 is 0. The molecule has 0 saturated heterocycles. The van der Waals surface area contributed by atoms with Crippen molar-refractivity contribution in [1.82, 2.24) is 29.5 Å². The Labute approximate surface area is 193 Å². The van der Waals surface area contributed by atoms with Crippen LogP contribution in [0, 0.1) is 17.2 Å². The zero-order valence-electron chi connectivity index (χ0n) is 18.4. The number of rotatable bonds is 7. The van der Waals surface area contributed by atoms with Gasteiger partial charge in [-0.15, -0.1) is 0 Å². The first-order valence-electron chi connectivity index (χ1n) is 11.0. The van der Waals surface area contributed by atoms with Crippen molar-refractivity contribution in [3.8, 4) is 28.8 Å². The molecule has 0 amide bonds. The second-order valence-electron chi connectivity index (χ2n) is 8.58. The summed E-state index contributed by atoms with van der Waals surface area (Å²) in [5.41, 5.74) is 3.71. The molecule has 0 aromatic carbocycles. The molecule has 1 fully saturated rings. The van der Waals surface area contributed by atoms with Crippen LogP contribution in [0.2, 0.25) is 0 Å². The van der Waals surface area contributed by atoms with E-state index in [4.69, 9.17) is 14.2 Å². The van der Waals surface area contributed by atoms with Crippen LogP contribution < -0.4 is 0 Å². The molecule has 34 heavy (non-hydrogen) atoms. The molecule has 11 nitrogen and oxygen atoms in total. The maximum absolute atomic E-state index is 12.0. The minimum Gasteiger partial charge on any atom is -0.461 e. The second kappa shape index (κ2) is 7.62. The minimum absolute atomic E-state index is 0.0758. The fourth-order valence-corrected chi connectivity index (χ4v) is 4.62. The van der Waals surface area contributed by atoms with Gasteiger partial charge in [0, 0.05) is 29.5 Å². The van der Waals surface area contributed by atoms with Crippen LogP contribution in [0.15, 0.2) is 46.4 Å². The van der Waals surface area contributed by atoms with E-state index in [1.807, 2.05) is 16.9 Å². The van der Waals surface area contributed by atoms with E-state index in [1.54, 1.807) is 30.0 Å². The van der Waals surface area contributed by atoms with Crippen LogP contribution >= 0.6 is 0 Å². The van der Waals surface area contributed by atoms with Crippen molar-refractivity contribution in [2.45, 2.75) is 31.7 Å².